The van der Waals surface area contributed by atoms with Gasteiger partial charge in [-0.05, 0) is 49.4 Å². The van der Waals surface area contributed by atoms with Crippen molar-refractivity contribution >= 4 is 11.6 Å². The number of ether oxygens (including phenoxy) is 1. The number of amides is 1. The van der Waals surface area contributed by atoms with Crippen molar-refractivity contribution in [1.82, 2.24) is 9.97 Å². The lowest BCUT2D eigenvalue weighted by Gasteiger charge is -2.20. The Morgan fingerprint density at radius 1 is 1.07 bits per heavy atom. The number of benzene rings is 1. The average molecular weight is 387 g/mol. The maximum absolute atomic E-state index is 12.7. The van der Waals surface area contributed by atoms with Crippen LogP contribution in [0.1, 0.15) is 22.8 Å². The van der Waals surface area contributed by atoms with Gasteiger partial charge in [-0.2, -0.15) is 13.2 Å². The molecule has 0 aliphatic rings. The second-order valence-corrected chi connectivity index (χ2v) is 5.77. The van der Waals surface area contributed by atoms with Gasteiger partial charge in [0.1, 0.15) is 5.75 Å². The number of nitrogens with zero attached hydrogens (tertiary/aromatic N) is 3. The lowest BCUT2D eigenvalue weighted by atomic mass is 10.2. The summed E-state index contributed by atoms with van der Waals surface area (Å²) in [4.78, 5) is 22.3. The van der Waals surface area contributed by atoms with Crippen molar-refractivity contribution in [2.75, 3.05) is 11.4 Å². The highest BCUT2D eigenvalue weighted by Crippen LogP contribution is 2.31. The quantitative estimate of drug-likeness (QED) is 0.621. The molecule has 2 aromatic heterocycles. The summed E-state index contributed by atoms with van der Waals surface area (Å²) in [6, 6.07) is 10.8. The van der Waals surface area contributed by atoms with E-state index >= 15 is 0 Å². The molecule has 0 N–H and O–H groups in total. The lowest BCUT2D eigenvalue weighted by Crippen LogP contribution is -2.30. The molecule has 0 saturated carbocycles. The molecule has 0 aliphatic heterocycles. The highest BCUT2D eigenvalue weighted by molar-refractivity contribution is 6.05. The molecule has 28 heavy (non-hydrogen) atoms. The molecule has 8 heteroatoms. The van der Waals surface area contributed by atoms with E-state index in [-0.39, 0.29) is 17.5 Å². The van der Waals surface area contributed by atoms with Crippen LogP contribution in [0.5, 0.6) is 11.6 Å². The molecular formula is C20H16F3N3O2. The topological polar surface area (TPSA) is 55.3 Å². The molecule has 0 fully saturated rings. The Bertz CT molecular complexity index is 928. The van der Waals surface area contributed by atoms with Crippen LogP contribution < -0.4 is 9.64 Å². The molecule has 2 heterocycles. The van der Waals surface area contributed by atoms with Crippen LogP contribution in [0.25, 0.3) is 0 Å². The van der Waals surface area contributed by atoms with Crippen LogP contribution in [-0.4, -0.2) is 22.4 Å². The third-order valence-electron chi connectivity index (χ3n) is 3.91. The first-order valence-corrected chi connectivity index (χ1v) is 8.41. The third kappa shape index (κ3) is 4.46. The Kier molecular flexibility index (Phi) is 5.58. The fraction of sp³-hybridized carbons (Fsp3) is 0.150. The molecule has 5 nitrogen and oxygen atoms in total. The van der Waals surface area contributed by atoms with Gasteiger partial charge in [0.05, 0.1) is 23.0 Å². The number of pyridine rings is 2. The van der Waals surface area contributed by atoms with E-state index in [1.165, 1.54) is 24.4 Å². The normalized spacial score (nSPS) is 11.1. The standard InChI is InChI=1S/C20H16F3N3O2/c1-2-26(16-4-3-11-24-13-16)19(27)14-5-10-18(25-12-14)28-17-8-6-15(7-9-17)20(21,22)23/h3-13H,2H2,1H3. The number of alkyl halides is 3. The first kappa shape index (κ1) is 19.3. The molecule has 0 aliphatic carbocycles. The fourth-order valence-corrected chi connectivity index (χ4v) is 2.51. The Labute approximate surface area is 159 Å². The van der Waals surface area contributed by atoms with Crippen LogP contribution in [0, 0.1) is 0 Å². The van der Waals surface area contributed by atoms with E-state index in [0.717, 1.165) is 12.1 Å². The summed E-state index contributed by atoms with van der Waals surface area (Å²) in [7, 11) is 0. The van der Waals surface area contributed by atoms with Gasteiger partial charge >= 0.3 is 6.18 Å². The fourth-order valence-electron chi connectivity index (χ4n) is 2.51. The molecule has 3 rings (SSSR count). The number of hydrogen-bond donors (Lipinski definition) is 0. The minimum Gasteiger partial charge on any atom is -0.439 e. The minimum atomic E-state index is -4.40. The van der Waals surface area contributed by atoms with Crippen LogP contribution in [0.2, 0.25) is 0 Å². The van der Waals surface area contributed by atoms with Crippen LogP contribution in [0.4, 0.5) is 18.9 Å². The van der Waals surface area contributed by atoms with Gasteiger partial charge in [0, 0.05) is 25.0 Å². The summed E-state index contributed by atoms with van der Waals surface area (Å²) in [6.07, 6.45) is 0.173. The van der Waals surface area contributed by atoms with E-state index in [2.05, 4.69) is 9.97 Å². The van der Waals surface area contributed by atoms with E-state index in [1.807, 2.05) is 6.92 Å². The summed E-state index contributed by atoms with van der Waals surface area (Å²) in [5.74, 6) is 0.134. The van der Waals surface area contributed by atoms with Gasteiger partial charge in [0.15, 0.2) is 0 Å². The molecule has 0 unspecified atom stereocenters. The molecular weight excluding hydrogens is 371 g/mol. The van der Waals surface area contributed by atoms with Crippen molar-refractivity contribution in [3.8, 4) is 11.6 Å². The second kappa shape index (κ2) is 8.08. The third-order valence-corrected chi connectivity index (χ3v) is 3.91. The van der Waals surface area contributed by atoms with E-state index < -0.39 is 11.7 Å². The number of aromatic nitrogens is 2. The van der Waals surface area contributed by atoms with Gasteiger partial charge in [0.2, 0.25) is 5.88 Å². The first-order chi connectivity index (χ1) is 13.4. The zero-order valence-electron chi connectivity index (χ0n) is 14.8. The molecule has 0 atom stereocenters. The number of anilines is 1. The first-order valence-electron chi connectivity index (χ1n) is 8.41. The Morgan fingerprint density at radius 2 is 1.82 bits per heavy atom. The number of carbonyl (C=O) groups is 1. The summed E-state index contributed by atoms with van der Waals surface area (Å²) < 4.78 is 43.2. The molecule has 144 valence electrons. The van der Waals surface area contributed by atoms with Crippen molar-refractivity contribution in [3.63, 3.8) is 0 Å². The van der Waals surface area contributed by atoms with E-state index in [9.17, 15) is 18.0 Å². The predicted octanol–water partition coefficient (Wildman–Crippen LogP) is 4.95. The van der Waals surface area contributed by atoms with Gasteiger partial charge in [-0.3, -0.25) is 9.78 Å². The van der Waals surface area contributed by atoms with Crippen molar-refractivity contribution in [2.24, 2.45) is 0 Å². The van der Waals surface area contributed by atoms with E-state index in [1.54, 1.807) is 35.5 Å². The summed E-state index contributed by atoms with van der Waals surface area (Å²) in [6.45, 7) is 2.30. The maximum atomic E-state index is 12.7. The Hall–Kier alpha value is -3.42. The monoisotopic (exact) mass is 387 g/mol. The Balaban J connectivity index is 1.71. The van der Waals surface area contributed by atoms with E-state index in [0.29, 0.717) is 17.8 Å². The van der Waals surface area contributed by atoms with Gasteiger partial charge in [-0.25, -0.2) is 4.98 Å². The smallest absolute Gasteiger partial charge is 0.416 e. The zero-order chi connectivity index (χ0) is 20.1. The maximum Gasteiger partial charge on any atom is 0.416 e. The highest BCUT2D eigenvalue weighted by Gasteiger charge is 2.30. The molecule has 1 amide bonds. The average Bonchev–Trinajstić information content (AvgIpc) is 2.69. The Morgan fingerprint density at radius 3 is 2.36 bits per heavy atom. The van der Waals surface area contributed by atoms with Crippen molar-refractivity contribution in [3.05, 3.63) is 78.2 Å². The summed E-state index contributed by atoms with van der Waals surface area (Å²) in [5, 5.41) is 0. The van der Waals surface area contributed by atoms with Crippen molar-refractivity contribution < 1.29 is 22.7 Å². The van der Waals surface area contributed by atoms with Crippen LogP contribution in [-0.2, 0) is 6.18 Å². The molecule has 0 saturated heterocycles. The van der Waals surface area contributed by atoms with Crippen molar-refractivity contribution in [2.45, 2.75) is 13.1 Å². The van der Waals surface area contributed by atoms with Gasteiger partial charge in [-0.1, -0.05) is 0 Å². The van der Waals surface area contributed by atoms with Gasteiger partial charge in [-0.15, -0.1) is 0 Å². The SMILES string of the molecule is CCN(C(=O)c1ccc(Oc2ccc(C(F)(F)F)cc2)nc1)c1cccnc1. The van der Waals surface area contributed by atoms with Crippen LogP contribution in [0.15, 0.2) is 67.1 Å². The molecule has 0 bridgehead atoms. The number of rotatable bonds is 5. The van der Waals surface area contributed by atoms with Crippen LogP contribution >= 0.6 is 0 Å². The molecule has 1 aromatic carbocycles. The summed E-state index contributed by atoms with van der Waals surface area (Å²) in [5.41, 5.74) is 0.259. The van der Waals surface area contributed by atoms with Gasteiger partial charge < -0.3 is 9.64 Å². The summed E-state index contributed by atoms with van der Waals surface area (Å²) >= 11 is 0. The lowest BCUT2D eigenvalue weighted by molar-refractivity contribution is -0.137. The predicted molar refractivity (Wildman–Crippen MR) is 97.3 cm³/mol. The van der Waals surface area contributed by atoms with Gasteiger partial charge in [0.25, 0.3) is 5.91 Å². The van der Waals surface area contributed by atoms with Crippen LogP contribution in [0.3, 0.4) is 0 Å². The van der Waals surface area contributed by atoms with E-state index in [4.69, 9.17) is 4.74 Å². The van der Waals surface area contributed by atoms with Crippen molar-refractivity contribution in [1.29, 1.82) is 0 Å². The minimum absolute atomic E-state index is 0.167. The molecule has 0 spiro atoms. The largest absolute Gasteiger partial charge is 0.439 e. The molecule has 0 radical (unpaired) electrons. The second-order valence-electron chi connectivity index (χ2n) is 5.77. The zero-order valence-corrected chi connectivity index (χ0v) is 14.8. The molecule has 3 aromatic rings. The number of halogens is 3. The number of hydrogen-bond acceptors (Lipinski definition) is 4. The number of carbonyl (C=O) groups excluding carboxylic acids is 1. The highest BCUT2D eigenvalue weighted by atomic mass is 19.4.